The Balaban J connectivity index is 2.29. The van der Waals surface area contributed by atoms with Crippen molar-refractivity contribution >= 4 is 11.8 Å². The summed E-state index contributed by atoms with van der Waals surface area (Å²) in [4.78, 5) is 28.2. The van der Waals surface area contributed by atoms with Crippen LogP contribution in [0.4, 0.5) is 0 Å². The predicted molar refractivity (Wildman–Crippen MR) is 115 cm³/mol. The largest absolute Gasteiger partial charge is 0.349 e. The van der Waals surface area contributed by atoms with Gasteiger partial charge in [-0.25, -0.2) is 0 Å². The van der Waals surface area contributed by atoms with Crippen LogP contribution in [0.2, 0.25) is 0 Å². The molecular formula is C23H41N3O2. The van der Waals surface area contributed by atoms with E-state index in [1.165, 1.54) is 19.8 Å². The minimum atomic E-state index is -0.872. The topological polar surface area (TPSA) is 61.4 Å². The lowest BCUT2D eigenvalue weighted by atomic mass is 9.67. The third kappa shape index (κ3) is 5.82. The van der Waals surface area contributed by atoms with Crippen LogP contribution in [0.15, 0.2) is 12.7 Å². The highest BCUT2D eigenvalue weighted by molar-refractivity contribution is 5.92. The molecule has 1 heterocycles. The minimum absolute atomic E-state index is 0.0518. The normalized spacial score (nSPS) is 31.1. The molecule has 160 valence electrons. The van der Waals surface area contributed by atoms with E-state index in [0.29, 0.717) is 11.8 Å². The van der Waals surface area contributed by atoms with E-state index in [-0.39, 0.29) is 29.2 Å². The zero-order chi connectivity index (χ0) is 21.2. The monoisotopic (exact) mass is 391 g/mol. The standard InChI is InChI=1S/C23H41N3O2/c1-8-18-9-10-19(16-26-13-11-22(6,7)12-14-26)23(15-18,24-17(2)27)20(28)25-21(3,4)5/h8,18-19H,1,9-16H2,2-7H3,(H,24,27)(H,25,28)/t18-,19+,23-/m1/s1. The van der Waals surface area contributed by atoms with E-state index in [2.05, 4.69) is 36.0 Å². The van der Waals surface area contributed by atoms with Gasteiger partial charge in [0.2, 0.25) is 11.8 Å². The maximum absolute atomic E-state index is 13.5. The van der Waals surface area contributed by atoms with Gasteiger partial charge in [-0.05, 0) is 77.3 Å². The third-order valence-electron chi connectivity index (χ3n) is 6.48. The number of allylic oxidation sites excluding steroid dienone is 1. The van der Waals surface area contributed by atoms with Crippen LogP contribution in [0.5, 0.6) is 0 Å². The summed E-state index contributed by atoms with van der Waals surface area (Å²) < 4.78 is 0. The lowest BCUT2D eigenvalue weighted by Crippen LogP contribution is -2.68. The molecule has 1 aliphatic heterocycles. The van der Waals surface area contributed by atoms with E-state index in [1.54, 1.807) is 0 Å². The molecule has 1 saturated carbocycles. The number of rotatable bonds is 5. The number of piperidine rings is 1. The lowest BCUT2D eigenvalue weighted by molar-refractivity contribution is -0.139. The van der Waals surface area contributed by atoms with E-state index in [4.69, 9.17) is 0 Å². The fourth-order valence-electron chi connectivity index (χ4n) is 4.70. The molecule has 1 saturated heterocycles. The van der Waals surface area contributed by atoms with Crippen molar-refractivity contribution in [2.45, 2.75) is 84.7 Å². The van der Waals surface area contributed by atoms with Crippen molar-refractivity contribution in [3.05, 3.63) is 12.7 Å². The second-order valence-electron chi connectivity index (χ2n) is 10.8. The van der Waals surface area contributed by atoms with Gasteiger partial charge in [-0.15, -0.1) is 6.58 Å². The highest BCUT2D eigenvalue weighted by Gasteiger charge is 2.51. The van der Waals surface area contributed by atoms with Crippen molar-refractivity contribution in [3.8, 4) is 0 Å². The molecule has 0 unspecified atom stereocenters. The maximum atomic E-state index is 13.5. The molecule has 0 spiro atoms. The molecule has 2 aliphatic rings. The summed E-state index contributed by atoms with van der Waals surface area (Å²) in [5.41, 5.74) is -0.818. The quantitative estimate of drug-likeness (QED) is 0.705. The summed E-state index contributed by atoms with van der Waals surface area (Å²) in [6, 6.07) is 0. The van der Waals surface area contributed by atoms with Gasteiger partial charge in [0.15, 0.2) is 0 Å². The number of amides is 2. The first kappa shape index (κ1) is 22.9. The number of nitrogens with zero attached hydrogens (tertiary/aromatic N) is 1. The van der Waals surface area contributed by atoms with Crippen LogP contribution < -0.4 is 10.6 Å². The molecule has 5 nitrogen and oxygen atoms in total. The molecule has 0 bridgehead atoms. The highest BCUT2D eigenvalue weighted by Crippen LogP contribution is 2.40. The molecule has 3 atom stereocenters. The Morgan fingerprint density at radius 3 is 2.29 bits per heavy atom. The molecule has 28 heavy (non-hydrogen) atoms. The van der Waals surface area contributed by atoms with Gasteiger partial charge >= 0.3 is 0 Å². The number of hydrogen-bond acceptors (Lipinski definition) is 3. The maximum Gasteiger partial charge on any atom is 0.246 e. The molecule has 0 aromatic heterocycles. The number of nitrogens with one attached hydrogen (secondary N) is 2. The lowest BCUT2D eigenvalue weighted by Gasteiger charge is -2.49. The third-order valence-corrected chi connectivity index (χ3v) is 6.48. The van der Waals surface area contributed by atoms with E-state index >= 15 is 0 Å². The van der Waals surface area contributed by atoms with Crippen LogP contribution in [0.3, 0.4) is 0 Å². The number of carbonyl (C=O) groups is 2. The molecule has 0 aromatic rings. The second kappa shape index (κ2) is 8.56. The fraction of sp³-hybridized carbons (Fsp3) is 0.826. The first-order valence-electron chi connectivity index (χ1n) is 10.8. The number of likely N-dealkylation sites (tertiary alicyclic amines) is 1. The average molecular weight is 392 g/mol. The Labute approximate surface area is 171 Å². The molecule has 5 heteroatoms. The molecule has 2 amide bonds. The molecule has 1 aliphatic carbocycles. The van der Waals surface area contributed by atoms with E-state index < -0.39 is 5.54 Å². The van der Waals surface area contributed by atoms with Crippen molar-refractivity contribution < 1.29 is 9.59 Å². The summed E-state index contributed by atoms with van der Waals surface area (Å²) in [6.07, 6.45) is 6.88. The Bertz CT molecular complexity index is 583. The molecule has 2 fully saturated rings. The molecule has 2 rings (SSSR count). The van der Waals surface area contributed by atoms with E-state index in [1.807, 2.05) is 26.8 Å². The van der Waals surface area contributed by atoms with Crippen molar-refractivity contribution in [1.29, 1.82) is 0 Å². The van der Waals surface area contributed by atoms with E-state index in [9.17, 15) is 9.59 Å². The zero-order valence-corrected chi connectivity index (χ0v) is 18.9. The van der Waals surface area contributed by atoms with Crippen LogP contribution in [0.1, 0.15) is 73.6 Å². The van der Waals surface area contributed by atoms with Gasteiger partial charge in [0, 0.05) is 24.9 Å². The molecule has 0 aromatic carbocycles. The minimum Gasteiger partial charge on any atom is -0.349 e. The fourth-order valence-corrected chi connectivity index (χ4v) is 4.70. The molecule has 2 N–H and O–H groups in total. The van der Waals surface area contributed by atoms with Crippen LogP contribution in [0, 0.1) is 17.3 Å². The Morgan fingerprint density at radius 1 is 1.18 bits per heavy atom. The Kier molecular flexibility index (Phi) is 7.01. The van der Waals surface area contributed by atoms with Gasteiger partial charge in [0.05, 0.1) is 0 Å². The Hall–Kier alpha value is -1.36. The smallest absolute Gasteiger partial charge is 0.246 e. The average Bonchev–Trinajstić information content (AvgIpc) is 2.56. The van der Waals surface area contributed by atoms with Crippen LogP contribution in [0.25, 0.3) is 0 Å². The van der Waals surface area contributed by atoms with Gasteiger partial charge in [0.25, 0.3) is 0 Å². The first-order chi connectivity index (χ1) is 12.9. The molecule has 0 radical (unpaired) electrons. The summed E-state index contributed by atoms with van der Waals surface area (Å²) in [5, 5.41) is 6.27. The van der Waals surface area contributed by atoms with E-state index in [0.717, 1.165) is 32.5 Å². The summed E-state index contributed by atoms with van der Waals surface area (Å²) in [5.74, 6) is 0.160. The summed E-state index contributed by atoms with van der Waals surface area (Å²) in [7, 11) is 0. The predicted octanol–water partition coefficient (Wildman–Crippen LogP) is 3.50. The van der Waals surface area contributed by atoms with Crippen LogP contribution >= 0.6 is 0 Å². The van der Waals surface area contributed by atoms with Gasteiger partial charge in [-0.1, -0.05) is 19.9 Å². The van der Waals surface area contributed by atoms with Crippen molar-refractivity contribution in [2.24, 2.45) is 17.3 Å². The number of carbonyl (C=O) groups excluding carboxylic acids is 2. The summed E-state index contributed by atoms with van der Waals surface area (Å²) in [6.45, 7) is 19.1. The van der Waals surface area contributed by atoms with Crippen LogP contribution in [-0.2, 0) is 9.59 Å². The van der Waals surface area contributed by atoms with Gasteiger partial charge in [0.1, 0.15) is 5.54 Å². The van der Waals surface area contributed by atoms with Crippen molar-refractivity contribution in [1.82, 2.24) is 15.5 Å². The first-order valence-corrected chi connectivity index (χ1v) is 10.8. The Morgan fingerprint density at radius 2 is 1.79 bits per heavy atom. The van der Waals surface area contributed by atoms with Gasteiger partial charge in [-0.2, -0.15) is 0 Å². The molecular weight excluding hydrogens is 350 g/mol. The SMILES string of the molecule is C=C[C@@H]1CC[C@@H](CN2CCC(C)(C)CC2)[C@@](NC(C)=O)(C(=O)NC(C)(C)C)C1. The van der Waals surface area contributed by atoms with Gasteiger partial charge < -0.3 is 15.5 Å². The van der Waals surface area contributed by atoms with Gasteiger partial charge in [-0.3, -0.25) is 9.59 Å². The summed E-state index contributed by atoms with van der Waals surface area (Å²) >= 11 is 0. The zero-order valence-electron chi connectivity index (χ0n) is 18.9. The second-order valence-corrected chi connectivity index (χ2v) is 10.8. The highest BCUT2D eigenvalue weighted by atomic mass is 16.2. The van der Waals surface area contributed by atoms with Crippen LogP contribution in [-0.4, -0.2) is 47.4 Å². The van der Waals surface area contributed by atoms with Crippen molar-refractivity contribution in [3.63, 3.8) is 0 Å². The van der Waals surface area contributed by atoms with Crippen molar-refractivity contribution in [2.75, 3.05) is 19.6 Å². The number of hydrogen-bond donors (Lipinski definition) is 2.